The van der Waals surface area contributed by atoms with E-state index in [1.165, 1.54) is 5.56 Å². The Morgan fingerprint density at radius 1 is 1.50 bits per heavy atom. The molecular weight excluding hydrogens is 320 g/mol. The van der Waals surface area contributed by atoms with Gasteiger partial charge in [0.15, 0.2) is 10.6 Å². The average Bonchev–Trinajstić information content (AvgIpc) is 3.11. The van der Waals surface area contributed by atoms with E-state index in [0.29, 0.717) is 17.3 Å². The van der Waals surface area contributed by atoms with Gasteiger partial charge in [-0.05, 0) is 41.5 Å². The van der Waals surface area contributed by atoms with Crippen molar-refractivity contribution in [2.24, 2.45) is 7.05 Å². The van der Waals surface area contributed by atoms with Crippen LogP contribution in [-0.2, 0) is 25.1 Å². The molecule has 0 aromatic carbocycles. The summed E-state index contributed by atoms with van der Waals surface area (Å²) in [5.74, 6) is 0.584. The van der Waals surface area contributed by atoms with E-state index in [2.05, 4.69) is 33.7 Å². The smallest absolute Gasteiger partial charge is 0.198 e. The first-order valence-electron chi connectivity index (χ1n) is 7.22. The van der Waals surface area contributed by atoms with Crippen molar-refractivity contribution in [3.63, 3.8) is 0 Å². The Bertz CT molecular complexity index is 680. The second-order valence-corrected chi connectivity index (χ2v) is 6.73. The summed E-state index contributed by atoms with van der Waals surface area (Å²) in [5, 5.41) is 17.9. The minimum Gasteiger partial charge on any atom is -0.388 e. The Labute approximate surface area is 138 Å². The third-order valence-corrected chi connectivity index (χ3v) is 5.04. The maximum absolute atomic E-state index is 9.30. The van der Waals surface area contributed by atoms with Crippen LogP contribution in [0.4, 0.5) is 0 Å². The van der Waals surface area contributed by atoms with E-state index in [-0.39, 0.29) is 18.8 Å². The molecule has 3 rings (SSSR count). The Hall–Kier alpha value is -1.06. The molecule has 0 spiro atoms. The predicted octanol–water partition coefficient (Wildman–Crippen LogP) is 1.92. The van der Waals surface area contributed by atoms with Gasteiger partial charge in [-0.1, -0.05) is 0 Å². The molecule has 2 atom stereocenters. The fraction of sp³-hybridized carbons (Fsp3) is 0.571. The second kappa shape index (κ2) is 6.59. The number of thiophene rings is 1. The minimum atomic E-state index is -0.107. The number of aliphatic hydroxyl groups excluding tert-OH is 1. The molecule has 0 amide bonds. The summed E-state index contributed by atoms with van der Waals surface area (Å²) in [6, 6.07) is 2.11. The van der Waals surface area contributed by atoms with E-state index in [4.69, 9.17) is 17.0 Å². The Morgan fingerprint density at radius 3 is 2.95 bits per heavy atom. The summed E-state index contributed by atoms with van der Waals surface area (Å²) < 4.78 is 10.2. The van der Waals surface area contributed by atoms with Crippen molar-refractivity contribution in [1.29, 1.82) is 0 Å². The van der Waals surface area contributed by atoms with Gasteiger partial charge in [0.2, 0.25) is 0 Å². The van der Waals surface area contributed by atoms with E-state index >= 15 is 0 Å². The first-order valence-corrected chi connectivity index (χ1v) is 8.57. The number of aliphatic hydroxyl groups is 1. The molecule has 6 nitrogen and oxygen atoms in total. The summed E-state index contributed by atoms with van der Waals surface area (Å²) in [6.45, 7) is 4.24. The highest BCUT2D eigenvalue weighted by molar-refractivity contribution is 7.71. The van der Waals surface area contributed by atoms with Gasteiger partial charge in [-0.25, -0.2) is 4.68 Å². The van der Waals surface area contributed by atoms with Crippen molar-refractivity contribution in [2.45, 2.75) is 32.4 Å². The van der Waals surface area contributed by atoms with Gasteiger partial charge in [-0.3, -0.25) is 4.90 Å². The monoisotopic (exact) mass is 340 g/mol. The normalized spacial score (nSPS) is 23.0. The Kier molecular flexibility index (Phi) is 4.74. The average molecular weight is 340 g/mol. The van der Waals surface area contributed by atoms with Crippen LogP contribution in [0.5, 0.6) is 0 Å². The van der Waals surface area contributed by atoms with Crippen molar-refractivity contribution in [3.05, 3.63) is 33.0 Å². The van der Waals surface area contributed by atoms with Gasteiger partial charge in [-0.15, -0.1) is 0 Å². The highest BCUT2D eigenvalue weighted by Gasteiger charge is 2.27. The summed E-state index contributed by atoms with van der Waals surface area (Å²) in [7, 11) is 1.83. The van der Waals surface area contributed by atoms with Crippen molar-refractivity contribution in [1.82, 2.24) is 19.2 Å². The highest BCUT2D eigenvalue weighted by atomic mass is 32.1. The molecule has 22 heavy (non-hydrogen) atoms. The van der Waals surface area contributed by atoms with Crippen LogP contribution in [0.1, 0.15) is 24.4 Å². The molecule has 120 valence electrons. The lowest BCUT2D eigenvalue weighted by atomic mass is 10.1. The van der Waals surface area contributed by atoms with Crippen LogP contribution in [0.25, 0.3) is 0 Å². The largest absolute Gasteiger partial charge is 0.388 e. The first-order chi connectivity index (χ1) is 10.6. The molecular formula is C14H20N4O2S2. The number of ether oxygens (including phenoxy) is 1. The van der Waals surface area contributed by atoms with Crippen molar-refractivity contribution < 1.29 is 9.84 Å². The molecule has 2 aromatic rings. The van der Waals surface area contributed by atoms with Crippen LogP contribution in [0.3, 0.4) is 0 Å². The summed E-state index contributed by atoms with van der Waals surface area (Å²) in [5.41, 5.74) is 1.22. The quantitative estimate of drug-likeness (QED) is 0.862. The lowest BCUT2D eigenvalue weighted by molar-refractivity contribution is -0.0881. The molecule has 0 radical (unpaired) electrons. The van der Waals surface area contributed by atoms with Gasteiger partial charge in [0.25, 0.3) is 0 Å². The van der Waals surface area contributed by atoms with Crippen molar-refractivity contribution in [3.8, 4) is 0 Å². The number of hydrogen-bond donors (Lipinski definition) is 1. The van der Waals surface area contributed by atoms with Gasteiger partial charge in [-0.2, -0.15) is 16.4 Å². The van der Waals surface area contributed by atoms with E-state index < -0.39 is 0 Å². The fourth-order valence-corrected chi connectivity index (χ4v) is 3.65. The van der Waals surface area contributed by atoms with Crippen LogP contribution in [0, 0.1) is 4.77 Å². The molecule has 1 aliphatic heterocycles. The zero-order valence-corrected chi connectivity index (χ0v) is 14.3. The molecule has 1 aliphatic rings. The third-order valence-electron chi connectivity index (χ3n) is 3.86. The number of aromatic nitrogens is 3. The third kappa shape index (κ3) is 3.16. The zero-order valence-electron chi connectivity index (χ0n) is 12.7. The van der Waals surface area contributed by atoms with Crippen molar-refractivity contribution >= 4 is 23.6 Å². The molecule has 8 heteroatoms. The maximum Gasteiger partial charge on any atom is 0.198 e. The summed E-state index contributed by atoms with van der Waals surface area (Å²) in [4.78, 5) is 2.29. The Balaban J connectivity index is 1.76. The van der Waals surface area contributed by atoms with Crippen LogP contribution < -0.4 is 0 Å². The SMILES string of the molecule is CC1CN(Cn2nc(CO)n(C)c2=S)CC(c2ccsc2)O1. The highest BCUT2D eigenvalue weighted by Crippen LogP contribution is 2.27. The van der Waals surface area contributed by atoms with Crippen molar-refractivity contribution in [2.75, 3.05) is 13.1 Å². The van der Waals surface area contributed by atoms with Crippen LogP contribution in [0.2, 0.25) is 0 Å². The predicted molar refractivity (Wildman–Crippen MR) is 87.1 cm³/mol. The summed E-state index contributed by atoms with van der Waals surface area (Å²) in [6.07, 6.45) is 0.249. The number of nitrogens with zero attached hydrogens (tertiary/aromatic N) is 4. The summed E-state index contributed by atoms with van der Waals surface area (Å²) >= 11 is 7.07. The van der Waals surface area contributed by atoms with Gasteiger partial charge in [0.1, 0.15) is 6.61 Å². The van der Waals surface area contributed by atoms with Gasteiger partial charge in [0.05, 0.1) is 18.9 Å². The molecule has 2 aromatic heterocycles. The van der Waals surface area contributed by atoms with Gasteiger partial charge < -0.3 is 14.4 Å². The second-order valence-electron chi connectivity index (χ2n) is 5.58. The first kappa shape index (κ1) is 15.8. The van der Waals surface area contributed by atoms with E-state index in [9.17, 15) is 5.11 Å². The topological polar surface area (TPSA) is 55.5 Å². The number of rotatable bonds is 4. The lowest BCUT2D eigenvalue weighted by Crippen LogP contribution is -2.43. The van der Waals surface area contributed by atoms with Crippen LogP contribution in [-0.4, -0.2) is 43.5 Å². The minimum absolute atomic E-state index is 0.0881. The molecule has 0 aliphatic carbocycles. The van der Waals surface area contributed by atoms with Gasteiger partial charge in [0, 0.05) is 20.1 Å². The van der Waals surface area contributed by atoms with E-state index in [1.54, 1.807) is 20.6 Å². The molecule has 0 bridgehead atoms. The number of hydrogen-bond acceptors (Lipinski definition) is 6. The maximum atomic E-state index is 9.30. The molecule has 2 unspecified atom stereocenters. The number of morpholine rings is 1. The van der Waals surface area contributed by atoms with Gasteiger partial charge >= 0.3 is 0 Å². The van der Waals surface area contributed by atoms with E-state index in [0.717, 1.165) is 13.1 Å². The molecule has 1 fully saturated rings. The lowest BCUT2D eigenvalue weighted by Gasteiger charge is -2.36. The molecule has 1 saturated heterocycles. The molecule has 1 N–H and O–H groups in total. The van der Waals surface area contributed by atoms with Crippen LogP contribution in [0.15, 0.2) is 16.8 Å². The fourth-order valence-electron chi connectivity index (χ4n) is 2.75. The Morgan fingerprint density at radius 2 is 2.32 bits per heavy atom. The molecule has 3 heterocycles. The van der Waals surface area contributed by atoms with Crippen LogP contribution >= 0.6 is 23.6 Å². The van der Waals surface area contributed by atoms with E-state index in [1.807, 2.05) is 7.05 Å². The standard InChI is InChI=1S/C14H20N4O2S2/c1-10-5-17(6-12(20-10)11-3-4-22-8-11)9-18-14(21)16(2)13(7-19)15-18/h3-4,8,10,12,19H,5-7,9H2,1-2H3. The zero-order chi connectivity index (χ0) is 15.7. The molecule has 0 saturated carbocycles.